The predicted octanol–water partition coefficient (Wildman–Crippen LogP) is 3.67. The maximum atomic E-state index is 12.5. The van der Waals surface area contributed by atoms with Gasteiger partial charge in [0.15, 0.2) is 5.17 Å². The summed E-state index contributed by atoms with van der Waals surface area (Å²) in [5.74, 6) is 0.195. The number of thioether (sulfide) groups is 1. The lowest BCUT2D eigenvalue weighted by atomic mass is 9.86. The molecule has 6 nitrogen and oxygen atoms in total. The summed E-state index contributed by atoms with van der Waals surface area (Å²) in [4.78, 5) is 33.4. The molecule has 2 amide bonds. The second-order valence-electron chi connectivity index (χ2n) is 6.31. The van der Waals surface area contributed by atoms with Crippen LogP contribution in [0, 0.1) is 5.92 Å². The smallest absolute Gasteiger partial charge is 0.256 e. The number of ether oxygens (including phenoxy) is 1. The molecule has 0 aromatic heterocycles. The monoisotopic (exact) mass is 373 g/mol. The molecule has 2 unspecified atom stereocenters. The van der Waals surface area contributed by atoms with E-state index in [0.29, 0.717) is 23.2 Å². The molecule has 3 rings (SSSR count). The zero-order valence-electron chi connectivity index (χ0n) is 15.0. The maximum absolute atomic E-state index is 12.5. The molecule has 1 aliphatic heterocycles. The van der Waals surface area contributed by atoms with Crippen molar-refractivity contribution in [2.45, 2.75) is 44.8 Å². The maximum Gasteiger partial charge on any atom is 0.256 e. The minimum Gasteiger partial charge on any atom is -0.492 e. The van der Waals surface area contributed by atoms with Crippen molar-refractivity contribution in [3.63, 3.8) is 0 Å². The molecule has 1 heterocycles. The molecule has 1 saturated carbocycles. The molecule has 138 valence electrons. The summed E-state index contributed by atoms with van der Waals surface area (Å²) in [5, 5.41) is 2.84. The minimum atomic E-state index is -0.430. The van der Waals surface area contributed by atoms with E-state index in [2.05, 4.69) is 15.3 Å². The number of amidine groups is 1. The first kappa shape index (κ1) is 18.6. The topological polar surface area (TPSA) is 80.1 Å². The van der Waals surface area contributed by atoms with Crippen LogP contribution in [-0.4, -0.2) is 34.6 Å². The third-order valence-corrected chi connectivity index (χ3v) is 5.38. The summed E-state index contributed by atoms with van der Waals surface area (Å²) in [6, 6.07) is 7.32. The van der Waals surface area contributed by atoms with Crippen molar-refractivity contribution in [2.24, 2.45) is 15.9 Å². The van der Waals surface area contributed by atoms with E-state index in [9.17, 15) is 9.59 Å². The lowest BCUT2D eigenvalue weighted by Gasteiger charge is -2.25. The van der Waals surface area contributed by atoms with Crippen LogP contribution in [0.4, 0.5) is 5.69 Å². The van der Waals surface area contributed by atoms with E-state index in [1.54, 1.807) is 13.0 Å². The molecule has 1 N–H and O–H groups in total. The van der Waals surface area contributed by atoms with Gasteiger partial charge in [0.25, 0.3) is 5.91 Å². The molecular weight excluding hydrogens is 350 g/mol. The van der Waals surface area contributed by atoms with Crippen molar-refractivity contribution < 1.29 is 14.3 Å². The number of fused-ring (bicyclic) bond motifs is 1. The summed E-state index contributed by atoms with van der Waals surface area (Å²) < 4.78 is 5.53. The zero-order valence-corrected chi connectivity index (χ0v) is 15.8. The fraction of sp³-hybridized carbons (Fsp3) is 0.474. The van der Waals surface area contributed by atoms with Gasteiger partial charge in [0.2, 0.25) is 5.91 Å². The number of rotatable bonds is 5. The van der Waals surface area contributed by atoms with Crippen LogP contribution in [-0.2, 0) is 9.59 Å². The number of carbonyl (C=O) groups excluding carboxylic acids is 2. The fourth-order valence-electron chi connectivity index (χ4n) is 3.07. The van der Waals surface area contributed by atoms with Crippen LogP contribution in [0.15, 0.2) is 34.3 Å². The highest BCUT2D eigenvalue weighted by Crippen LogP contribution is 2.29. The first-order chi connectivity index (χ1) is 12.6. The van der Waals surface area contributed by atoms with Crippen molar-refractivity contribution in [2.75, 3.05) is 11.9 Å². The summed E-state index contributed by atoms with van der Waals surface area (Å²) in [5.41, 5.74) is 1.56. The number of nitrogens with one attached hydrogen (secondary N) is 1. The quantitative estimate of drug-likeness (QED) is 0.854. The Morgan fingerprint density at radius 2 is 2.15 bits per heavy atom. The van der Waals surface area contributed by atoms with Gasteiger partial charge in [-0.15, -0.1) is 0 Å². The van der Waals surface area contributed by atoms with Crippen LogP contribution in [0.25, 0.3) is 0 Å². The molecular formula is C19H23N3O3S. The number of hydrogen-bond acceptors (Lipinski definition) is 5. The fourth-order valence-corrected chi connectivity index (χ4v) is 3.86. The van der Waals surface area contributed by atoms with Gasteiger partial charge >= 0.3 is 0 Å². The van der Waals surface area contributed by atoms with E-state index >= 15 is 0 Å². The van der Waals surface area contributed by atoms with Crippen molar-refractivity contribution in [1.82, 2.24) is 0 Å². The van der Waals surface area contributed by atoms with Crippen LogP contribution in [0.3, 0.4) is 0 Å². The van der Waals surface area contributed by atoms with Gasteiger partial charge in [-0.1, -0.05) is 30.3 Å². The van der Waals surface area contributed by atoms with Crippen molar-refractivity contribution in [1.29, 1.82) is 0 Å². The van der Waals surface area contributed by atoms with Gasteiger partial charge in [0, 0.05) is 5.71 Å². The molecule has 2 atom stereocenters. The number of amides is 2. The number of para-hydroxylation sites is 2. The molecule has 1 aromatic carbocycles. The van der Waals surface area contributed by atoms with E-state index in [0.717, 1.165) is 31.4 Å². The lowest BCUT2D eigenvalue weighted by Crippen LogP contribution is -2.31. The molecule has 1 aliphatic carbocycles. The molecule has 1 fully saturated rings. The van der Waals surface area contributed by atoms with Gasteiger partial charge in [-0.05, 0) is 45.2 Å². The Kier molecular flexibility index (Phi) is 6.08. The van der Waals surface area contributed by atoms with E-state index in [1.807, 2.05) is 25.1 Å². The Morgan fingerprint density at radius 1 is 1.35 bits per heavy atom. The van der Waals surface area contributed by atoms with Gasteiger partial charge in [-0.3, -0.25) is 9.59 Å². The van der Waals surface area contributed by atoms with Crippen molar-refractivity contribution in [3.05, 3.63) is 24.3 Å². The average Bonchev–Trinajstić information content (AvgIpc) is 2.63. The number of benzene rings is 1. The third kappa shape index (κ3) is 4.33. The van der Waals surface area contributed by atoms with Gasteiger partial charge in [-0.25, -0.2) is 4.99 Å². The first-order valence-corrected chi connectivity index (χ1v) is 9.85. The van der Waals surface area contributed by atoms with Crippen LogP contribution in [0.1, 0.15) is 39.5 Å². The summed E-state index contributed by atoms with van der Waals surface area (Å²) >= 11 is 1.22. The standard InChI is InChI=1S/C19H23N3O3S/c1-3-25-16-11-7-6-10-15(16)20-17(23)12(2)26-19-21-14-9-5-4-8-13(14)18(24)22-19/h6-7,10-13H,3-5,8-9H2,1-2H3,(H,20,23). The molecule has 0 spiro atoms. The lowest BCUT2D eigenvalue weighted by molar-refractivity contribution is -0.120. The van der Waals surface area contributed by atoms with Crippen LogP contribution in [0.5, 0.6) is 5.75 Å². The Hall–Kier alpha value is -2.15. The molecule has 0 saturated heterocycles. The van der Waals surface area contributed by atoms with E-state index in [4.69, 9.17) is 4.74 Å². The molecule has 1 aromatic rings. The second-order valence-corrected chi connectivity index (χ2v) is 7.62. The van der Waals surface area contributed by atoms with Crippen molar-refractivity contribution >= 4 is 40.1 Å². The Morgan fingerprint density at radius 3 is 2.96 bits per heavy atom. The molecule has 2 aliphatic rings. The highest BCUT2D eigenvalue weighted by Gasteiger charge is 2.31. The van der Waals surface area contributed by atoms with E-state index in [-0.39, 0.29) is 17.7 Å². The third-order valence-electron chi connectivity index (χ3n) is 4.42. The van der Waals surface area contributed by atoms with Crippen LogP contribution in [0.2, 0.25) is 0 Å². The van der Waals surface area contributed by atoms with E-state index < -0.39 is 5.25 Å². The zero-order chi connectivity index (χ0) is 18.5. The first-order valence-electron chi connectivity index (χ1n) is 8.97. The van der Waals surface area contributed by atoms with Gasteiger partial charge in [0.1, 0.15) is 5.75 Å². The number of carbonyl (C=O) groups is 2. The molecule has 26 heavy (non-hydrogen) atoms. The SMILES string of the molecule is CCOc1ccccc1NC(=O)C(C)SC1=NC(=O)C2CCCCC2=N1. The summed E-state index contributed by atoms with van der Waals surface area (Å²) in [6.45, 7) is 4.20. The summed E-state index contributed by atoms with van der Waals surface area (Å²) in [7, 11) is 0. The van der Waals surface area contributed by atoms with Gasteiger partial charge in [-0.2, -0.15) is 4.99 Å². The van der Waals surface area contributed by atoms with Gasteiger partial charge < -0.3 is 10.1 Å². The Labute approximate surface area is 157 Å². The predicted molar refractivity (Wildman–Crippen MR) is 105 cm³/mol. The second kappa shape index (κ2) is 8.49. The number of aliphatic imine (C=N–C) groups is 2. The molecule has 0 bridgehead atoms. The van der Waals surface area contributed by atoms with Crippen LogP contribution >= 0.6 is 11.8 Å². The van der Waals surface area contributed by atoms with Crippen molar-refractivity contribution in [3.8, 4) is 5.75 Å². The summed E-state index contributed by atoms with van der Waals surface area (Å²) in [6.07, 6.45) is 3.79. The Bertz CT molecular complexity index is 760. The van der Waals surface area contributed by atoms with E-state index in [1.165, 1.54) is 11.8 Å². The number of hydrogen-bond donors (Lipinski definition) is 1. The largest absolute Gasteiger partial charge is 0.492 e. The Balaban J connectivity index is 1.65. The molecule has 7 heteroatoms. The number of nitrogens with zero attached hydrogens (tertiary/aromatic N) is 2. The molecule has 0 radical (unpaired) electrons. The highest BCUT2D eigenvalue weighted by atomic mass is 32.2. The van der Waals surface area contributed by atoms with Gasteiger partial charge in [0.05, 0.1) is 23.5 Å². The highest BCUT2D eigenvalue weighted by molar-refractivity contribution is 8.15. The average molecular weight is 373 g/mol. The number of anilines is 1. The normalized spacial score (nSPS) is 20.5. The van der Waals surface area contributed by atoms with Crippen LogP contribution < -0.4 is 10.1 Å². The minimum absolute atomic E-state index is 0.119.